The van der Waals surface area contributed by atoms with E-state index < -0.39 is 18.1 Å². The normalized spacial score (nSPS) is 11.6. The summed E-state index contributed by atoms with van der Waals surface area (Å²) in [5, 5.41) is 11.4. The van der Waals surface area contributed by atoms with Crippen molar-refractivity contribution in [1.29, 1.82) is 0 Å². The molecule has 0 saturated carbocycles. The fourth-order valence-corrected chi connectivity index (χ4v) is 2.34. The number of aliphatic carboxylic acids is 1. The molecule has 0 unspecified atom stereocenters. The van der Waals surface area contributed by atoms with E-state index in [9.17, 15) is 9.59 Å². The first-order valence-corrected chi connectivity index (χ1v) is 7.02. The molecular weight excluding hydrogens is 292 g/mol. The predicted octanol–water partition coefficient (Wildman–Crippen LogP) is 2.59. The molecule has 2 N–H and O–H groups in total. The van der Waals surface area contributed by atoms with E-state index >= 15 is 0 Å². The molecule has 110 valence electrons. The van der Waals surface area contributed by atoms with E-state index in [1.807, 2.05) is 30.3 Å². The van der Waals surface area contributed by atoms with Crippen LogP contribution < -0.4 is 5.32 Å². The number of nitrogens with zero attached hydrogens (tertiary/aromatic N) is 1. The average molecular weight is 306 g/mol. The van der Waals surface area contributed by atoms with E-state index in [1.54, 1.807) is 12.3 Å². The lowest BCUT2D eigenvalue weighted by Crippen LogP contribution is -2.30. The van der Waals surface area contributed by atoms with E-state index in [0.29, 0.717) is 4.88 Å². The minimum atomic E-state index is -1.00. The van der Waals surface area contributed by atoms with E-state index in [2.05, 4.69) is 9.69 Å². The fourth-order valence-electron chi connectivity index (χ4n) is 1.71. The first-order valence-electron chi connectivity index (χ1n) is 6.24. The summed E-state index contributed by atoms with van der Waals surface area (Å²) >= 11 is 1.15. The average Bonchev–Trinajstić information content (AvgIpc) is 2.99. The molecule has 0 aliphatic carbocycles. The predicted molar refractivity (Wildman–Crippen MR) is 76.9 cm³/mol. The number of carboxylic acid groups (broad SMARTS) is 1. The standard InChI is InChI=1S/C14H14N2O4S/c17-13(18)8-11(12-6-7-15-21-12)16-14(19)20-9-10-4-2-1-3-5-10/h1-7,11H,8-9H2,(H,16,19)(H,17,18)/t11-/m0/s1. The van der Waals surface area contributed by atoms with Gasteiger partial charge in [-0.25, -0.2) is 9.17 Å². The lowest BCUT2D eigenvalue weighted by Gasteiger charge is -2.15. The van der Waals surface area contributed by atoms with Gasteiger partial charge in [-0.05, 0) is 23.2 Å². The van der Waals surface area contributed by atoms with Crippen molar-refractivity contribution in [3.8, 4) is 0 Å². The molecular formula is C14H14N2O4S. The van der Waals surface area contributed by atoms with Gasteiger partial charge in [-0.3, -0.25) is 4.79 Å². The zero-order chi connectivity index (χ0) is 15.1. The number of hydrogen-bond donors (Lipinski definition) is 2. The smallest absolute Gasteiger partial charge is 0.407 e. The molecule has 0 saturated heterocycles. The van der Waals surface area contributed by atoms with Gasteiger partial charge in [-0.15, -0.1) is 0 Å². The van der Waals surface area contributed by atoms with Crippen LogP contribution in [0.4, 0.5) is 4.79 Å². The first kappa shape index (κ1) is 15.0. The molecule has 0 aliphatic heterocycles. The second-order valence-corrected chi connectivity index (χ2v) is 5.14. The molecule has 0 fully saturated rings. The maximum absolute atomic E-state index is 11.8. The fraction of sp³-hybridized carbons (Fsp3) is 0.214. The van der Waals surface area contributed by atoms with Gasteiger partial charge in [0.1, 0.15) is 6.61 Å². The Balaban J connectivity index is 1.90. The van der Waals surface area contributed by atoms with Crippen LogP contribution in [0.2, 0.25) is 0 Å². The van der Waals surface area contributed by atoms with Gasteiger partial charge in [-0.1, -0.05) is 30.3 Å². The van der Waals surface area contributed by atoms with Gasteiger partial charge in [0, 0.05) is 11.1 Å². The topological polar surface area (TPSA) is 88.5 Å². The van der Waals surface area contributed by atoms with Gasteiger partial charge >= 0.3 is 12.1 Å². The third-order valence-corrected chi connectivity index (χ3v) is 3.54. The van der Waals surface area contributed by atoms with Crippen LogP contribution in [0.15, 0.2) is 42.6 Å². The molecule has 2 aromatic rings. The Morgan fingerprint density at radius 1 is 1.29 bits per heavy atom. The quantitative estimate of drug-likeness (QED) is 0.856. The molecule has 0 spiro atoms. The number of alkyl carbamates (subject to hydrolysis) is 1. The van der Waals surface area contributed by atoms with Crippen molar-refractivity contribution < 1.29 is 19.4 Å². The monoisotopic (exact) mass is 306 g/mol. The molecule has 0 aliphatic rings. The number of hydrogen-bond acceptors (Lipinski definition) is 5. The maximum Gasteiger partial charge on any atom is 0.407 e. The summed E-state index contributed by atoms with van der Waals surface area (Å²) in [7, 11) is 0. The lowest BCUT2D eigenvalue weighted by molar-refractivity contribution is -0.137. The highest BCUT2D eigenvalue weighted by Gasteiger charge is 2.20. The van der Waals surface area contributed by atoms with Gasteiger partial charge in [0.05, 0.1) is 12.5 Å². The Morgan fingerprint density at radius 2 is 2.05 bits per heavy atom. The zero-order valence-electron chi connectivity index (χ0n) is 11.1. The van der Waals surface area contributed by atoms with E-state index in [0.717, 1.165) is 17.1 Å². The summed E-state index contributed by atoms with van der Waals surface area (Å²) in [5.41, 5.74) is 0.861. The molecule has 0 bridgehead atoms. The third kappa shape index (κ3) is 4.88. The summed E-state index contributed by atoms with van der Waals surface area (Å²) in [6, 6.07) is 10.3. The van der Waals surface area contributed by atoms with Crippen molar-refractivity contribution in [1.82, 2.24) is 9.69 Å². The van der Waals surface area contributed by atoms with E-state index in [4.69, 9.17) is 9.84 Å². The molecule has 1 atom stereocenters. The van der Waals surface area contributed by atoms with Crippen LogP contribution in [0, 0.1) is 0 Å². The van der Waals surface area contributed by atoms with Gasteiger partial charge in [0.15, 0.2) is 0 Å². The molecule has 0 radical (unpaired) electrons. The van der Waals surface area contributed by atoms with Crippen LogP contribution in [0.3, 0.4) is 0 Å². The number of ether oxygens (including phenoxy) is 1. The number of nitrogens with one attached hydrogen (secondary N) is 1. The van der Waals surface area contributed by atoms with Crippen molar-refractivity contribution >= 4 is 23.6 Å². The Kier molecular flexibility index (Phi) is 5.28. The number of carbonyl (C=O) groups is 2. The van der Waals surface area contributed by atoms with Crippen LogP contribution in [-0.4, -0.2) is 21.5 Å². The molecule has 1 amide bonds. The van der Waals surface area contributed by atoms with Crippen molar-refractivity contribution in [2.45, 2.75) is 19.1 Å². The second kappa shape index (κ2) is 7.39. The molecule has 2 rings (SSSR count). The Hall–Kier alpha value is -2.41. The summed E-state index contributed by atoms with van der Waals surface area (Å²) in [4.78, 5) is 23.3. The van der Waals surface area contributed by atoms with Crippen LogP contribution in [0.25, 0.3) is 0 Å². The first-order chi connectivity index (χ1) is 10.1. The van der Waals surface area contributed by atoms with Gasteiger partial charge < -0.3 is 15.2 Å². The largest absolute Gasteiger partial charge is 0.481 e. The number of carbonyl (C=O) groups excluding carboxylic acids is 1. The van der Waals surface area contributed by atoms with Crippen molar-refractivity contribution in [2.75, 3.05) is 0 Å². The van der Waals surface area contributed by atoms with Crippen molar-refractivity contribution in [2.24, 2.45) is 0 Å². The lowest BCUT2D eigenvalue weighted by atomic mass is 10.2. The van der Waals surface area contributed by atoms with Crippen LogP contribution in [-0.2, 0) is 16.1 Å². The highest BCUT2D eigenvalue weighted by molar-refractivity contribution is 7.05. The second-order valence-electron chi connectivity index (χ2n) is 4.27. The van der Waals surface area contributed by atoms with Crippen LogP contribution >= 0.6 is 11.5 Å². The number of benzene rings is 1. The highest BCUT2D eigenvalue weighted by Crippen LogP contribution is 2.20. The summed E-state index contributed by atoms with van der Waals surface area (Å²) in [6.07, 6.45) is 0.688. The Bertz CT molecular complexity index is 586. The number of aromatic nitrogens is 1. The summed E-state index contributed by atoms with van der Waals surface area (Å²) in [5.74, 6) is -1.00. The Labute approximate surface area is 125 Å². The van der Waals surface area contributed by atoms with Crippen molar-refractivity contribution in [3.63, 3.8) is 0 Å². The van der Waals surface area contributed by atoms with Gasteiger partial charge in [0.2, 0.25) is 0 Å². The minimum Gasteiger partial charge on any atom is -0.481 e. The minimum absolute atomic E-state index is 0.134. The SMILES string of the molecule is O=C(O)C[C@H](NC(=O)OCc1ccccc1)c1ccns1. The van der Waals surface area contributed by atoms with Crippen LogP contribution in [0.5, 0.6) is 0 Å². The summed E-state index contributed by atoms with van der Waals surface area (Å²) in [6.45, 7) is 0.134. The van der Waals surface area contributed by atoms with E-state index in [-0.39, 0.29) is 13.0 Å². The maximum atomic E-state index is 11.8. The molecule has 1 heterocycles. The number of amides is 1. The Morgan fingerprint density at radius 3 is 2.67 bits per heavy atom. The van der Waals surface area contributed by atoms with Gasteiger partial charge in [0.25, 0.3) is 0 Å². The molecule has 21 heavy (non-hydrogen) atoms. The zero-order valence-corrected chi connectivity index (χ0v) is 11.9. The molecule has 1 aromatic carbocycles. The van der Waals surface area contributed by atoms with Crippen LogP contribution in [0.1, 0.15) is 22.9 Å². The third-order valence-electron chi connectivity index (χ3n) is 2.68. The number of carboxylic acids is 1. The van der Waals surface area contributed by atoms with E-state index in [1.165, 1.54) is 0 Å². The molecule has 6 nitrogen and oxygen atoms in total. The molecule has 7 heteroatoms. The van der Waals surface area contributed by atoms with Gasteiger partial charge in [-0.2, -0.15) is 0 Å². The molecule has 1 aromatic heterocycles. The summed E-state index contributed by atoms with van der Waals surface area (Å²) < 4.78 is 8.99. The number of rotatable bonds is 6. The van der Waals surface area contributed by atoms with Crippen molar-refractivity contribution in [3.05, 3.63) is 53.0 Å². The highest BCUT2D eigenvalue weighted by atomic mass is 32.1.